The first-order valence-corrected chi connectivity index (χ1v) is 12.0. The topological polar surface area (TPSA) is 84.2 Å². The van der Waals surface area contributed by atoms with Gasteiger partial charge in [-0.2, -0.15) is 0 Å². The summed E-state index contributed by atoms with van der Waals surface area (Å²) in [6.45, 7) is 0. The van der Waals surface area contributed by atoms with Crippen LogP contribution >= 0.6 is 0 Å². The molecule has 2 aromatic carbocycles. The predicted molar refractivity (Wildman–Crippen MR) is 115 cm³/mol. The minimum atomic E-state index is -3.34. The van der Waals surface area contributed by atoms with E-state index in [9.17, 15) is 8.42 Å². The molecule has 2 unspecified atom stereocenters. The number of hydrogen-bond acceptors (Lipinski definition) is 4. The molecule has 2 fully saturated rings. The molecule has 0 aromatic heterocycles. The highest BCUT2D eigenvalue weighted by atomic mass is 32.2. The van der Waals surface area contributed by atoms with E-state index in [0.29, 0.717) is 29.7 Å². The molecule has 2 aliphatic rings. The van der Waals surface area contributed by atoms with E-state index >= 15 is 0 Å². The summed E-state index contributed by atoms with van der Waals surface area (Å²) in [6.07, 6.45) is 6.69. The molecule has 0 amide bonds. The van der Waals surface area contributed by atoms with E-state index in [1.165, 1.54) is 6.26 Å². The smallest absolute Gasteiger partial charge is 0.229 e. The highest BCUT2D eigenvalue weighted by Crippen LogP contribution is 2.45. The Kier molecular flexibility index (Phi) is 5.45. The number of hydrogen-bond donors (Lipinski definition) is 3. The third kappa shape index (κ3) is 4.74. The van der Waals surface area contributed by atoms with Crippen LogP contribution in [0.5, 0.6) is 0 Å². The molecular weight excluding hydrogens is 370 g/mol. The summed E-state index contributed by atoms with van der Waals surface area (Å²) in [5.41, 5.74) is 9.88. The van der Waals surface area contributed by atoms with Gasteiger partial charge >= 0.3 is 0 Å². The van der Waals surface area contributed by atoms with Crippen molar-refractivity contribution in [2.24, 2.45) is 5.73 Å². The maximum absolute atomic E-state index is 11.9. The van der Waals surface area contributed by atoms with E-state index in [1.54, 1.807) is 0 Å². The lowest BCUT2D eigenvalue weighted by molar-refractivity contribution is 0.339. The van der Waals surface area contributed by atoms with E-state index in [2.05, 4.69) is 22.2 Å². The fraction of sp³-hybridized carbons (Fsp3) is 0.455. The average Bonchev–Trinajstić information content (AvgIpc) is 3.42. The lowest BCUT2D eigenvalue weighted by atomic mass is 9.91. The molecule has 6 heteroatoms. The third-order valence-corrected chi connectivity index (χ3v) is 6.46. The minimum absolute atomic E-state index is 0.351. The number of nitrogens with two attached hydrogens (primary N) is 1. The Bertz CT molecular complexity index is 922. The van der Waals surface area contributed by atoms with Gasteiger partial charge in [0.1, 0.15) is 0 Å². The molecule has 0 radical (unpaired) electrons. The molecule has 4 rings (SSSR count). The zero-order valence-electron chi connectivity index (χ0n) is 16.3. The van der Waals surface area contributed by atoms with Crippen molar-refractivity contribution in [3.63, 3.8) is 0 Å². The molecule has 5 nitrogen and oxygen atoms in total. The van der Waals surface area contributed by atoms with Gasteiger partial charge in [-0.3, -0.25) is 4.72 Å². The first-order chi connectivity index (χ1) is 13.4. The van der Waals surface area contributed by atoms with E-state index < -0.39 is 10.0 Å². The minimum Gasteiger partial charge on any atom is -0.328 e. The van der Waals surface area contributed by atoms with Crippen molar-refractivity contribution in [3.05, 3.63) is 54.1 Å². The molecular formula is C22H29N3O2S. The van der Waals surface area contributed by atoms with Crippen LogP contribution in [-0.2, 0) is 10.0 Å². The second-order valence-corrected chi connectivity index (χ2v) is 10.0. The lowest BCUT2D eigenvalue weighted by Crippen LogP contribution is -2.38. The number of sulfonamides is 1. The zero-order chi connectivity index (χ0) is 19.7. The Balaban J connectivity index is 1.53. The van der Waals surface area contributed by atoms with E-state index in [-0.39, 0.29) is 0 Å². The fourth-order valence-electron chi connectivity index (χ4n) is 4.29. The van der Waals surface area contributed by atoms with Crippen molar-refractivity contribution in [2.45, 2.75) is 56.1 Å². The van der Waals surface area contributed by atoms with Crippen LogP contribution in [0, 0.1) is 0 Å². The second kappa shape index (κ2) is 7.85. The second-order valence-electron chi connectivity index (χ2n) is 8.27. The molecule has 2 atom stereocenters. The van der Waals surface area contributed by atoms with Crippen molar-refractivity contribution in [1.82, 2.24) is 5.32 Å². The maximum Gasteiger partial charge on any atom is 0.229 e. The first kappa shape index (κ1) is 19.4. The number of anilines is 1. The van der Waals surface area contributed by atoms with Crippen molar-refractivity contribution in [2.75, 3.05) is 11.0 Å². The van der Waals surface area contributed by atoms with Gasteiger partial charge in [-0.15, -0.1) is 0 Å². The Morgan fingerprint density at radius 2 is 1.68 bits per heavy atom. The molecule has 2 saturated carbocycles. The van der Waals surface area contributed by atoms with Crippen molar-refractivity contribution < 1.29 is 8.42 Å². The zero-order valence-corrected chi connectivity index (χ0v) is 17.1. The average molecular weight is 400 g/mol. The molecule has 2 aromatic rings. The Morgan fingerprint density at radius 3 is 2.36 bits per heavy atom. The first-order valence-electron chi connectivity index (χ1n) is 10.1. The van der Waals surface area contributed by atoms with Crippen LogP contribution in [0.15, 0.2) is 48.5 Å². The van der Waals surface area contributed by atoms with Gasteiger partial charge < -0.3 is 11.1 Å². The van der Waals surface area contributed by atoms with Gasteiger partial charge in [-0.05, 0) is 54.9 Å². The van der Waals surface area contributed by atoms with E-state index in [4.69, 9.17) is 5.73 Å². The summed E-state index contributed by atoms with van der Waals surface area (Å²) in [7, 11) is -3.34. The maximum atomic E-state index is 11.9. The van der Waals surface area contributed by atoms with Crippen molar-refractivity contribution in [1.29, 1.82) is 0 Å². The lowest BCUT2D eigenvalue weighted by Gasteiger charge is -2.27. The summed E-state index contributed by atoms with van der Waals surface area (Å²) in [5.74, 6) is 0.352. The van der Waals surface area contributed by atoms with Crippen LogP contribution in [0.3, 0.4) is 0 Å². The van der Waals surface area contributed by atoms with Crippen LogP contribution in [-0.4, -0.2) is 32.8 Å². The molecule has 0 aliphatic heterocycles. The van der Waals surface area contributed by atoms with Gasteiger partial charge in [-0.25, -0.2) is 8.42 Å². The van der Waals surface area contributed by atoms with Gasteiger partial charge in [0, 0.05) is 24.0 Å². The molecule has 150 valence electrons. The fourth-order valence-corrected chi connectivity index (χ4v) is 4.87. The summed E-state index contributed by atoms with van der Waals surface area (Å²) in [5, 5.41) is 3.77. The quantitative estimate of drug-likeness (QED) is 0.695. The molecule has 4 N–H and O–H groups in total. The molecule has 28 heavy (non-hydrogen) atoms. The van der Waals surface area contributed by atoms with Gasteiger partial charge in [0.05, 0.1) is 11.9 Å². The molecule has 0 bridgehead atoms. The molecule has 0 spiro atoms. The third-order valence-electron chi connectivity index (χ3n) is 5.87. The largest absolute Gasteiger partial charge is 0.328 e. The summed E-state index contributed by atoms with van der Waals surface area (Å²) in [6, 6.07) is 17.5. The number of benzene rings is 2. The van der Waals surface area contributed by atoms with E-state index in [1.807, 2.05) is 36.4 Å². The van der Waals surface area contributed by atoms with Crippen molar-refractivity contribution in [3.8, 4) is 11.1 Å². The van der Waals surface area contributed by atoms with Crippen LogP contribution < -0.4 is 15.8 Å². The Labute approximate surface area is 167 Å². The Morgan fingerprint density at radius 1 is 0.964 bits per heavy atom. The standard InChI is InChI=1S/C22H29N3O2S/c1-28(26,27)25-22-13-16(15-5-3-2-4-6-15)7-12-19(22)20-14-21(20)24-18-10-8-17(23)9-11-18/h2-7,12-13,17-18,20-21,24-25H,8-11,14,23H2,1H3/t17-,18-,20?,21?. The number of nitrogens with one attached hydrogen (secondary N) is 2. The van der Waals surface area contributed by atoms with Crippen LogP contribution in [0.2, 0.25) is 0 Å². The summed E-state index contributed by atoms with van der Waals surface area (Å²) in [4.78, 5) is 0. The van der Waals surface area contributed by atoms with Crippen LogP contribution in [0.25, 0.3) is 11.1 Å². The highest BCUT2D eigenvalue weighted by Gasteiger charge is 2.41. The molecule has 2 aliphatic carbocycles. The SMILES string of the molecule is CS(=O)(=O)Nc1cc(-c2ccccc2)ccc1C1CC1N[C@H]1CC[C@H](N)CC1. The van der Waals surface area contributed by atoms with Gasteiger partial charge in [0.15, 0.2) is 0 Å². The predicted octanol–water partition coefficient (Wildman–Crippen LogP) is 3.44. The van der Waals surface area contributed by atoms with Crippen LogP contribution in [0.1, 0.15) is 43.6 Å². The Hall–Kier alpha value is -1.89. The van der Waals surface area contributed by atoms with Gasteiger partial charge in [0.25, 0.3) is 0 Å². The van der Waals surface area contributed by atoms with Gasteiger partial charge in [0.2, 0.25) is 10.0 Å². The van der Waals surface area contributed by atoms with Crippen LogP contribution in [0.4, 0.5) is 5.69 Å². The monoisotopic (exact) mass is 399 g/mol. The van der Waals surface area contributed by atoms with E-state index in [0.717, 1.165) is 48.8 Å². The summed E-state index contributed by atoms with van der Waals surface area (Å²) < 4.78 is 26.6. The highest BCUT2D eigenvalue weighted by molar-refractivity contribution is 7.92. The normalized spacial score (nSPS) is 27.4. The van der Waals surface area contributed by atoms with Crippen molar-refractivity contribution >= 4 is 15.7 Å². The summed E-state index contributed by atoms with van der Waals surface area (Å²) >= 11 is 0. The van der Waals surface area contributed by atoms with Gasteiger partial charge in [-0.1, -0.05) is 42.5 Å². The molecule has 0 saturated heterocycles. The number of rotatable bonds is 6. The molecule has 0 heterocycles.